The Kier molecular flexibility index (Phi) is 4.63. The molecule has 1 aromatic rings. The molecule has 1 aliphatic rings. The number of ketones is 1. The molecule has 5 heteroatoms. The maximum Gasteiger partial charge on any atom is 0.248 e. The fourth-order valence-corrected chi connectivity index (χ4v) is 2.77. The van der Waals surface area contributed by atoms with Crippen LogP contribution in [0.3, 0.4) is 0 Å². The van der Waals surface area contributed by atoms with Crippen molar-refractivity contribution in [1.82, 2.24) is 0 Å². The highest BCUT2D eigenvalue weighted by molar-refractivity contribution is 6.30. The molecule has 20 heavy (non-hydrogen) atoms. The second kappa shape index (κ2) is 6.08. The molecule has 0 atom stereocenters. The lowest BCUT2D eigenvalue weighted by molar-refractivity contribution is -0.126. The van der Waals surface area contributed by atoms with Crippen molar-refractivity contribution in [2.24, 2.45) is 5.92 Å². The van der Waals surface area contributed by atoms with Gasteiger partial charge < -0.3 is 4.74 Å². The molecule has 0 heterocycles. The van der Waals surface area contributed by atoms with Gasteiger partial charge in [-0.25, -0.2) is 8.78 Å². The monoisotopic (exact) mass is 302 g/mol. The zero-order valence-electron chi connectivity index (χ0n) is 11.3. The lowest BCUT2D eigenvalue weighted by Crippen LogP contribution is -2.29. The molecule has 0 radical (unpaired) electrons. The smallest absolute Gasteiger partial charge is 0.248 e. The fraction of sp³-hybridized carbons (Fsp3) is 0.533. The number of methoxy groups -OCH3 is 1. The summed E-state index contributed by atoms with van der Waals surface area (Å²) in [6, 6.07) is 5.09. The molecule has 0 amide bonds. The van der Waals surface area contributed by atoms with E-state index in [0.29, 0.717) is 16.3 Å². The maximum atomic E-state index is 13.1. The van der Waals surface area contributed by atoms with Gasteiger partial charge in [-0.2, -0.15) is 0 Å². The van der Waals surface area contributed by atoms with Crippen molar-refractivity contribution in [2.75, 3.05) is 7.11 Å². The summed E-state index contributed by atoms with van der Waals surface area (Å²) in [5, 5.41) is 0.531. The second-order valence-corrected chi connectivity index (χ2v) is 5.67. The lowest BCUT2D eigenvalue weighted by Gasteiger charge is -2.27. The average Bonchev–Trinajstić information content (AvgIpc) is 2.38. The average molecular weight is 303 g/mol. The Bertz CT molecular complexity index is 493. The largest absolute Gasteiger partial charge is 0.496 e. The summed E-state index contributed by atoms with van der Waals surface area (Å²) in [6.45, 7) is 0. The molecule has 0 N–H and O–H groups in total. The van der Waals surface area contributed by atoms with E-state index in [1.54, 1.807) is 18.2 Å². The van der Waals surface area contributed by atoms with E-state index in [1.165, 1.54) is 7.11 Å². The Morgan fingerprint density at radius 1 is 1.40 bits per heavy atom. The Morgan fingerprint density at radius 3 is 2.65 bits per heavy atom. The summed E-state index contributed by atoms with van der Waals surface area (Å²) >= 11 is 5.91. The number of ether oxygens (including phenoxy) is 1. The molecule has 110 valence electrons. The van der Waals surface area contributed by atoms with Gasteiger partial charge in [0.15, 0.2) is 0 Å². The van der Waals surface area contributed by atoms with Crippen LogP contribution in [0.5, 0.6) is 5.75 Å². The van der Waals surface area contributed by atoms with Crippen molar-refractivity contribution >= 4 is 17.4 Å². The Balaban J connectivity index is 2.03. The van der Waals surface area contributed by atoms with Crippen molar-refractivity contribution in [3.63, 3.8) is 0 Å². The predicted molar refractivity (Wildman–Crippen MR) is 73.6 cm³/mol. The SMILES string of the molecule is COc1ccc(Cl)cc1CC(=O)C1CCC(F)(F)CC1. The van der Waals surface area contributed by atoms with E-state index in [2.05, 4.69) is 0 Å². The minimum Gasteiger partial charge on any atom is -0.496 e. The number of carbonyl (C=O) groups excluding carboxylic acids is 1. The third kappa shape index (κ3) is 3.69. The molecule has 0 bridgehead atoms. The standard InChI is InChI=1S/C15H17ClF2O2/c1-20-14-3-2-12(16)8-11(14)9-13(19)10-4-6-15(17,18)7-5-10/h2-3,8,10H,4-7,9H2,1H3. The van der Waals surface area contributed by atoms with Crippen LogP contribution in [-0.4, -0.2) is 18.8 Å². The number of halogens is 3. The first-order chi connectivity index (χ1) is 9.41. The number of carbonyl (C=O) groups is 1. The minimum atomic E-state index is -2.61. The predicted octanol–water partition coefficient (Wildman–Crippen LogP) is 4.29. The highest BCUT2D eigenvalue weighted by Gasteiger charge is 2.37. The van der Waals surface area contributed by atoms with Gasteiger partial charge in [0.05, 0.1) is 7.11 Å². The number of benzene rings is 1. The topological polar surface area (TPSA) is 26.3 Å². The van der Waals surface area contributed by atoms with Gasteiger partial charge in [0.25, 0.3) is 0 Å². The molecule has 2 nitrogen and oxygen atoms in total. The zero-order valence-corrected chi connectivity index (χ0v) is 12.1. The van der Waals surface area contributed by atoms with Crippen molar-refractivity contribution in [1.29, 1.82) is 0 Å². The molecule has 0 aromatic heterocycles. The molecule has 1 aliphatic carbocycles. The summed E-state index contributed by atoms with van der Waals surface area (Å²) in [6.07, 6.45) is 0.301. The van der Waals surface area contributed by atoms with Crippen molar-refractivity contribution in [3.8, 4) is 5.75 Å². The van der Waals surface area contributed by atoms with Crippen LogP contribution in [-0.2, 0) is 11.2 Å². The molecular weight excluding hydrogens is 286 g/mol. The van der Waals surface area contributed by atoms with Crippen molar-refractivity contribution < 1.29 is 18.3 Å². The van der Waals surface area contributed by atoms with Gasteiger partial charge in [0.1, 0.15) is 11.5 Å². The molecule has 1 fully saturated rings. The number of Topliss-reactive ketones (excluding diaryl/α,β-unsaturated/α-hetero) is 1. The van der Waals surface area contributed by atoms with Gasteiger partial charge in [-0.05, 0) is 31.0 Å². The van der Waals surface area contributed by atoms with E-state index in [4.69, 9.17) is 16.3 Å². The highest BCUT2D eigenvalue weighted by Crippen LogP contribution is 2.37. The van der Waals surface area contributed by atoms with Crippen LogP contribution in [0.2, 0.25) is 5.02 Å². The van der Waals surface area contributed by atoms with Crippen LogP contribution in [0.1, 0.15) is 31.2 Å². The Labute approximate surface area is 122 Å². The summed E-state index contributed by atoms with van der Waals surface area (Å²) in [7, 11) is 1.53. The molecular formula is C15H17ClF2O2. The normalized spacial score (nSPS) is 18.8. The number of rotatable bonds is 4. The maximum absolute atomic E-state index is 13.1. The Hall–Kier alpha value is -1.16. The van der Waals surface area contributed by atoms with E-state index in [1.807, 2.05) is 0 Å². The third-order valence-corrected chi connectivity index (χ3v) is 4.01. The van der Waals surface area contributed by atoms with Crippen LogP contribution in [0.4, 0.5) is 8.78 Å². The van der Waals surface area contributed by atoms with Gasteiger partial charge in [0, 0.05) is 35.8 Å². The van der Waals surface area contributed by atoms with Crippen LogP contribution < -0.4 is 4.74 Å². The molecule has 1 saturated carbocycles. The highest BCUT2D eigenvalue weighted by atomic mass is 35.5. The summed E-state index contributed by atoms with van der Waals surface area (Å²) < 4.78 is 31.4. The summed E-state index contributed by atoms with van der Waals surface area (Å²) in [5.41, 5.74) is 0.710. The first kappa shape index (κ1) is 15.2. The molecule has 0 spiro atoms. The quantitative estimate of drug-likeness (QED) is 0.829. The first-order valence-electron chi connectivity index (χ1n) is 6.64. The molecule has 0 aliphatic heterocycles. The molecule has 0 saturated heterocycles. The van der Waals surface area contributed by atoms with E-state index >= 15 is 0 Å². The van der Waals surface area contributed by atoms with Crippen molar-refractivity contribution in [2.45, 2.75) is 38.0 Å². The van der Waals surface area contributed by atoms with E-state index in [9.17, 15) is 13.6 Å². The van der Waals surface area contributed by atoms with Gasteiger partial charge >= 0.3 is 0 Å². The molecule has 1 aromatic carbocycles. The zero-order chi connectivity index (χ0) is 14.8. The summed E-state index contributed by atoms with van der Waals surface area (Å²) in [5.74, 6) is -2.30. The van der Waals surface area contributed by atoms with Crippen LogP contribution in [0.25, 0.3) is 0 Å². The number of alkyl halides is 2. The number of hydrogen-bond acceptors (Lipinski definition) is 2. The van der Waals surface area contributed by atoms with Gasteiger partial charge in [0.2, 0.25) is 5.92 Å². The van der Waals surface area contributed by atoms with Crippen molar-refractivity contribution in [3.05, 3.63) is 28.8 Å². The van der Waals surface area contributed by atoms with E-state index in [0.717, 1.165) is 0 Å². The van der Waals surface area contributed by atoms with Crippen LogP contribution in [0.15, 0.2) is 18.2 Å². The first-order valence-corrected chi connectivity index (χ1v) is 7.02. The van der Waals surface area contributed by atoms with Crippen LogP contribution >= 0.6 is 11.6 Å². The van der Waals surface area contributed by atoms with Gasteiger partial charge in [-0.1, -0.05) is 11.6 Å². The van der Waals surface area contributed by atoms with E-state index in [-0.39, 0.29) is 43.8 Å². The van der Waals surface area contributed by atoms with Gasteiger partial charge in [-0.15, -0.1) is 0 Å². The minimum absolute atomic E-state index is 0.0129. The number of hydrogen-bond donors (Lipinski definition) is 0. The second-order valence-electron chi connectivity index (χ2n) is 5.23. The molecule has 2 rings (SSSR count). The van der Waals surface area contributed by atoms with E-state index < -0.39 is 5.92 Å². The Morgan fingerprint density at radius 2 is 2.05 bits per heavy atom. The molecule has 0 unspecified atom stereocenters. The third-order valence-electron chi connectivity index (χ3n) is 3.78. The fourth-order valence-electron chi connectivity index (χ4n) is 2.58. The van der Waals surface area contributed by atoms with Crippen LogP contribution in [0, 0.1) is 5.92 Å². The van der Waals surface area contributed by atoms with Gasteiger partial charge in [-0.3, -0.25) is 4.79 Å². The lowest BCUT2D eigenvalue weighted by atomic mass is 9.82. The summed E-state index contributed by atoms with van der Waals surface area (Å²) in [4.78, 5) is 12.2.